The quantitative estimate of drug-likeness (QED) is 0.667. The molecule has 1 N–H and O–H groups in total. The zero-order valence-corrected chi connectivity index (χ0v) is 16.8. The van der Waals surface area contributed by atoms with Crippen LogP contribution in [0.25, 0.3) is 0 Å². The molecule has 28 heavy (non-hydrogen) atoms. The number of nitriles is 1. The average Bonchev–Trinajstić information content (AvgIpc) is 2.66. The Hall–Kier alpha value is -3.00. The van der Waals surface area contributed by atoms with Crippen molar-refractivity contribution < 1.29 is 14.3 Å². The lowest BCUT2D eigenvalue weighted by molar-refractivity contribution is -0.120. The number of amides is 1. The van der Waals surface area contributed by atoms with Gasteiger partial charge >= 0.3 is 0 Å². The van der Waals surface area contributed by atoms with Crippen molar-refractivity contribution in [2.45, 2.75) is 39.0 Å². The van der Waals surface area contributed by atoms with Gasteiger partial charge in [-0.25, -0.2) is 0 Å². The van der Waals surface area contributed by atoms with Gasteiger partial charge in [0, 0.05) is 6.54 Å². The molecule has 0 aromatic heterocycles. The van der Waals surface area contributed by atoms with Crippen LogP contribution in [0, 0.1) is 11.3 Å². The van der Waals surface area contributed by atoms with E-state index in [1.54, 1.807) is 0 Å². The Morgan fingerprint density at radius 2 is 1.50 bits per heavy atom. The third-order valence-electron chi connectivity index (χ3n) is 4.24. The van der Waals surface area contributed by atoms with Gasteiger partial charge in [-0.05, 0) is 47.2 Å². The molecular formula is C23H28N2O3. The van der Waals surface area contributed by atoms with Gasteiger partial charge in [-0.1, -0.05) is 45.0 Å². The van der Waals surface area contributed by atoms with Crippen LogP contribution in [-0.2, 0) is 16.6 Å². The number of rotatable bonds is 9. The maximum absolute atomic E-state index is 11.2. The molecule has 0 aliphatic carbocycles. The second kappa shape index (κ2) is 10.4. The highest BCUT2D eigenvalue weighted by Crippen LogP contribution is 2.24. The second-order valence-corrected chi connectivity index (χ2v) is 7.55. The number of carbonyl (C=O) groups excluding carboxylic acids is 1. The minimum absolute atomic E-state index is 0.102. The Kier molecular flexibility index (Phi) is 7.88. The van der Waals surface area contributed by atoms with Crippen molar-refractivity contribution in [1.82, 2.24) is 5.32 Å². The number of ether oxygens (including phenoxy) is 2. The molecule has 2 aromatic rings. The van der Waals surface area contributed by atoms with Gasteiger partial charge in [0.1, 0.15) is 31.1 Å². The monoisotopic (exact) mass is 380 g/mol. The molecule has 0 spiro atoms. The van der Waals surface area contributed by atoms with E-state index in [2.05, 4.69) is 38.2 Å². The van der Waals surface area contributed by atoms with Crippen LogP contribution in [0.3, 0.4) is 0 Å². The maximum atomic E-state index is 11.2. The molecule has 0 aliphatic rings. The van der Waals surface area contributed by atoms with E-state index >= 15 is 0 Å². The summed E-state index contributed by atoms with van der Waals surface area (Å²) < 4.78 is 11.4. The highest BCUT2D eigenvalue weighted by Gasteiger charge is 2.12. The van der Waals surface area contributed by atoms with Gasteiger partial charge in [0.2, 0.25) is 5.91 Å². The van der Waals surface area contributed by atoms with Gasteiger partial charge in [0.25, 0.3) is 0 Å². The molecule has 0 atom stereocenters. The molecule has 0 bridgehead atoms. The Balaban J connectivity index is 1.68. The molecule has 0 fully saturated rings. The lowest BCUT2D eigenvalue weighted by Crippen LogP contribution is -2.24. The summed E-state index contributed by atoms with van der Waals surface area (Å²) in [7, 11) is 0. The fourth-order valence-electron chi connectivity index (χ4n) is 2.60. The summed E-state index contributed by atoms with van der Waals surface area (Å²) in [5.41, 5.74) is 2.51. The first-order chi connectivity index (χ1) is 13.4. The number of carbonyl (C=O) groups is 1. The van der Waals surface area contributed by atoms with Gasteiger partial charge in [0.05, 0.1) is 6.07 Å². The van der Waals surface area contributed by atoms with E-state index < -0.39 is 0 Å². The van der Waals surface area contributed by atoms with Crippen molar-refractivity contribution in [2.75, 3.05) is 19.8 Å². The SMILES string of the molecule is CC(C)(C)c1ccc(OCCOc2ccc(CCNC(=O)CC#N)cc2)cc1. The molecule has 1 amide bonds. The predicted octanol–water partition coefficient (Wildman–Crippen LogP) is 4.01. The standard InChI is InChI=1S/C23H28N2O3/c1-23(2,3)19-6-10-21(11-7-19)28-17-16-27-20-8-4-18(5-9-20)13-15-25-22(26)12-14-24/h4-11H,12-13,15-17H2,1-3H3,(H,25,26). The third kappa shape index (κ3) is 7.32. The molecule has 0 unspecified atom stereocenters. The van der Waals surface area contributed by atoms with Crippen molar-refractivity contribution in [2.24, 2.45) is 0 Å². The maximum Gasteiger partial charge on any atom is 0.234 e. The molecule has 148 valence electrons. The summed E-state index contributed by atoms with van der Waals surface area (Å²) >= 11 is 0. The first-order valence-electron chi connectivity index (χ1n) is 9.47. The number of nitrogens with zero attached hydrogens (tertiary/aromatic N) is 1. The Morgan fingerprint density at radius 1 is 0.964 bits per heavy atom. The summed E-state index contributed by atoms with van der Waals surface area (Å²) in [6, 6.07) is 17.8. The fraction of sp³-hybridized carbons (Fsp3) is 0.391. The smallest absolute Gasteiger partial charge is 0.234 e. The van der Waals surface area contributed by atoms with Crippen LogP contribution < -0.4 is 14.8 Å². The van der Waals surface area contributed by atoms with Crippen LogP contribution in [-0.4, -0.2) is 25.7 Å². The molecule has 0 heterocycles. The van der Waals surface area contributed by atoms with E-state index in [9.17, 15) is 4.79 Å². The van der Waals surface area contributed by atoms with Gasteiger partial charge in [-0.3, -0.25) is 4.79 Å². The van der Waals surface area contributed by atoms with E-state index in [1.165, 1.54) is 5.56 Å². The molecule has 0 radical (unpaired) electrons. The number of hydrogen-bond acceptors (Lipinski definition) is 4. The summed E-state index contributed by atoms with van der Waals surface area (Å²) in [5, 5.41) is 11.1. The topological polar surface area (TPSA) is 71.3 Å². The summed E-state index contributed by atoms with van der Waals surface area (Å²) in [6.07, 6.45) is 0.612. The van der Waals surface area contributed by atoms with Crippen molar-refractivity contribution in [1.29, 1.82) is 5.26 Å². The lowest BCUT2D eigenvalue weighted by Gasteiger charge is -2.19. The minimum atomic E-state index is -0.240. The van der Waals surface area contributed by atoms with Crippen LogP contribution in [0.2, 0.25) is 0 Å². The van der Waals surface area contributed by atoms with E-state index in [1.807, 2.05) is 42.5 Å². The number of hydrogen-bond donors (Lipinski definition) is 1. The van der Waals surface area contributed by atoms with Crippen molar-refractivity contribution in [3.63, 3.8) is 0 Å². The molecule has 2 rings (SSSR count). The van der Waals surface area contributed by atoms with E-state index in [0.717, 1.165) is 17.1 Å². The highest BCUT2D eigenvalue weighted by atomic mass is 16.5. The van der Waals surface area contributed by atoms with Crippen LogP contribution in [0.15, 0.2) is 48.5 Å². The van der Waals surface area contributed by atoms with Crippen LogP contribution in [0.5, 0.6) is 11.5 Å². The summed E-state index contributed by atoms with van der Waals surface area (Å²) in [6.45, 7) is 8.02. The molecule has 0 saturated heterocycles. The molecule has 2 aromatic carbocycles. The van der Waals surface area contributed by atoms with E-state index in [0.29, 0.717) is 26.2 Å². The fourth-order valence-corrected chi connectivity index (χ4v) is 2.60. The predicted molar refractivity (Wildman–Crippen MR) is 110 cm³/mol. The normalized spacial score (nSPS) is 10.8. The Bertz CT molecular complexity index is 785. The van der Waals surface area contributed by atoms with Crippen LogP contribution >= 0.6 is 0 Å². The molecule has 0 aliphatic heterocycles. The third-order valence-corrected chi connectivity index (χ3v) is 4.24. The first kappa shape index (κ1) is 21.3. The average molecular weight is 380 g/mol. The molecule has 5 nitrogen and oxygen atoms in total. The molecule has 0 saturated carbocycles. The van der Waals surface area contributed by atoms with Crippen molar-refractivity contribution in [3.05, 3.63) is 59.7 Å². The van der Waals surface area contributed by atoms with Gasteiger partial charge in [-0.15, -0.1) is 0 Å². The number of benzene rings is 2. The summed E-state index contributed by atoms with van der Waals surface area (Å²) in [5.74, 6) is 1.38. The van der Waals surface area contributed by atoms with Gasteiger partial charge in [0.15, 0.2) is 0 Å². The minimum Gasteiger partial charge on any atom is -0.490 e. The van der Waals surface area contributed by atoms with E-state index in [4.69, 9.17) is 14.7 Å². The highest BCUT2D eigenvalue weighted by molar-refractivity contribution is 5.77. The Labute approximate surface area is 167 Å². The van der Waals surface area contributed by atoms with Crippen LogP contribution in [0.1, 0.15) is 38.3 Å². The van der Waals surface area contributed by atoms with Crippen molar-refractivity contribution in [3.8, 4) is 17.6 Å². The van der Waals surface area contributed by atoms with Gasteiger partial charge < -0.3 is 14.8 Å². The van der Waals surface area contributed by atoms with Gasteiger partial charge in [-0.2, -0.15) is 5.26 Å². The van der Waals surface area contributed by atoms with E-state index in [-0.39, 0.29) is 17.7 Å². The lowest BCUT2D eigenvalue weighted by atomic mass is 9.87. The second-order valence-electron chi connectivity index (χ2n) is 7.55. The number of nitrogens with one attached hydrogen (secondary N) is 1. The molecular weight excluding hydrogens is 352 g/mol. The Morgan fingerprint density at radius 3 is 2.00 bits per heavy atom. The first-order valence-corrected chi connectivity index (χ1v) is 9.47. The molecule has 5 heteroatoms. The zero-order chi connectivity index (χ0) is 20.4. The zero-order valence-electron chi connectivity index (χ0n) is 16.8. The largest absolute Gasteiger partial charge is 0.490 e. The summed E-state index contributed by atoms with van der Waals surface area (Å²) in [4.78, 5) is 11.2. The van der Waals surface area contributed by atoms with Crippen molar-refractivity contribution >= 4 is 5.91 Å². The van der Waals surface area contributed by atoms with Crippen LogP contribution in [0.4, 0.5) is 0 Å².